The number of hydrogen-bond acceptors (Lipinski definition) is 4. The predicted molar refractivity (Wildman–Crippen MR) is 81.4 cm³/mol. The van der Waals surface area contributed by atoms with Crippen molar-refractivity contribution in [1.29, 1.82) is 0 Å². The van der Waals surface area contributed by atoms with Crippen molar-refractivity contribution >= 4 is 0 Å². The van der Waals surface area contributed by atoms with Crippen molar-refractivity contribution in [3.8, 4) is 0 Å². The minimum atomic E-state index is -1.01. The van der Waals surface area contributed by atoms with Crippen LogP contribution in [0, 0.1) is 0 Å². The summed E-state index contributed by atoms with van der Waals surface area (Å²) < 4.78 is 5.76. The summed E-state index contributed by atoms with van der Waals surface area (Å²) in [6.45, 7) is 2.67. The fourth-order valence-corrected chi connectivity index (χ4v) is 2.03. The average Bonchev–Trinajstić information content (AvgIpc) is 2.54. The first-order chi connectivity index (χ1) is 10.3. The number of ether oxygens (including phenoxy) is 1. The highest BCUT2D eigenvalue weighted by atomic mass is 16.7. The van der Waals surface area contributed by atoms with Crippen LogP contribution in [0.25, 0.3) is 0 Å². The van der Waals surface area contributed by atoms with Gasteiger partial charge >= 0.3 is 0 Å². The van der Waals surface area contributed by atoms with E-state index in [-0.39, 0.29) is 12.7 Å². The van der Waals surface area contributed by atoms with Gasteiger partial charge in [-0.15, -0.1) is 0 Å². The SMILES string of the molecule is CCNOCC(O)OC(c1ccccc1)c1ccccc1. The number of hydrogen-bond donors (Lipinski definition) is 2. The Labute approximate surface area is 125 Å². The van der Waals surface area contributed by atoms with Gasteiger partial charge in [0.1, 0.15) is 12.7 Å². The van der Waals surface area contributed by atoms with Crippen molar-refractivity contribution in [3.63, 3.8) is 0 Å². The second-order valence-electron chi connectivity index (χ2n) is 4.60. The van der Waals surface area contributed by atoms with E-state index in [4.69, 9.17) is 9.57 Å². The van der Waals surface area contributed by atoms with E-state index in [1.165, 1.54) is 0 Å². The van der Waals surface area contributed by atoms with Crippen LogP contribution in [0.4, 0.5) is 0 Å². The van der Waals surface area contributed by atoms with Crippen LogP contribution in [0.15, 0.2) is 60.7 Å². The maximum Gasteiger partial charge on any atom is 0.181 e. The van der Waals surface area contributed by atoms with Crippen molar-refractivity contribution < 1.29 is 14.7 Å². The molecule has 0 aliphatic rings. The van der Waals surface area contributed by atoms with Gasteiger partial charge < -0.3 is 9.84 Å². The summed E-state index contributed by atoms with van der Waals surface area (Å²) in [6, 6.07) is 19.7. The quantitative estimate of drug-likeness (QED) is 0.445. The molecule has 4 heteroatoms. The highest BCUT2D eigenvalue weighted by Crippen LogP contribution is 2.26. The smallest absolute Gasteiger partial charge is 0.181 e. The molecule has 0 saturated heterocycles. The molecule has 0 saturated carbocycles. The number of rotatable bonds is 8. The Balaban J connectivity index is 2.10. The summed E-state index contributed by atoms with van der Waals surface area (Å²) in [6.07, 6.45) is -1.33. The molecule has 2 aromatic carbocycles. The Morgan fingerprint density at radius 3 is 1.95 bits per heavy atom. The van der Waals surface area contributed by atoms with E-state index in [0.717, 1.165) is 11.1 Å². The lowest BCUT2D eigenvalue weighted by molar-refractivity contribution is -0.171. The van der Waals surface area contributed by atoms with E-state index >= 15 is 0 Å². The van der Waals surface area contributed by atoms with Gasteiger partial charge in [0, 0.05) is 6.54 Å². The van der Waals surface area contributed by atoms with Gasteiger partial charge in [-0.25, -0.2) is 5.48 Å². The van der Waals surface area contributed by atoms with Crippen LogP contribution in [0.5, 0.6) is 0 Å². The average molecular weight is 287 g/mol. The molecule has 1 unspecified atom stereocenters. The Bertz CT molecular complexity index is 464. The lowest BCUT2D eigenvalue weighted by Crippen LogP contribution is -2.27. The standard InChI is InChI=1S/C17H21NO3/c1-2-18-20-13-16(19)21-17(14-9-5-3-6-10-14)15-11-7-4-8-12-15/h3-12,16-19H,2,13H2,1H3. The van der Waals surface area contributed by atoms with E-state index in [1.807, 2.05) is 67.6 Å². The first-order valence-corrected chi connectivity index (χ1v) is 7.09. The van der Waals surface area contributed by atoms with Crippen molar-refractivity contribution in [2.45, 2.75) is 19.3 Å². The first kappa shape index (κ1) is 15.7. The summed E-state index contributed by atoms with van der Waals surface area (Å²) in [4.78, 5) is 5.09. The van der Waals surface area contributed by atoms with Crippen LogP contribution in [0.1, 0.15) is 24.2 Å². The molecule has 112 valence electrons. The van der Waals surface area contributed by atoms with Crippen molar-refractivity contribution in [2.24, 2.45) is 0 Å². The molecule has 2 rings (SSSR count). The van der Waals surface area contributed by atoms with Crippen molar-refractivity contribution in [3.05, 3.63) is 71.8 Å². The molecule has 0 heterocycles. The van der Waals surface area contributed by atoms with Crippen LogP contribution in [0.2, 0.25) is 0 Å². The fourth-order valence-electron chi connectivity index (χ4n) is 2.03. The highest BCUT2D eigenvalue weighted by molar-refractivity contribution is 5.29. The van der Waals surface area contributed by atoms with Crippen LogP contribution in [-0.2, 0) is 9.57 Å². The molecule has 0 aliphatic carbocycles. The second kappa shape index (κ2) is 8.54. The molecule has 21 heavy (non-hydrogen) atoms. The van der Waals surface area contributed by atoms with Crippen molar-refractivity contribution in [2.75, 3.05) is 13.2 Å². The lowest BCUT2D eigenvalue weighted by Gasteiger charge is -2.22. The molecule has 2 N–H and O–H groups in total. The van der Waals surface area contributed by atoms with Gasteiger partial charge in [0.15, 0.2) is 6.29 Å². The molecule has 0 spiro atoms. The van der Waals surface area contributed by atoms with Crippen LogP contribution < -0.4 is 5.48 Å². The topological polar surface area (TPSA) is 50.7 Å². The van der Waals surface area contributed by atoms with E-state index in [9.17, 15) is 5.11 Å². The maximum atomic E-state index is 9.98. The molecule has 0 aromatic heterocycles. The zero-order chi connectivity index (χ0) is 14.9. The fraction of sp³-hybridized carbons (Fsp3) is 0.294. The Hall–Kier alpha value is -1.72. The van der Waals surface area contributed by atoms with E-state index in [0.29, 0.717) is 6.54 Å². The normalized spacial score (nSPS) is 12.5. The zero-order valence-corrected chi connectivity index (χ0v) is 12.1. The summed E-state index contributed by atoms with van der Waals surface area (Å²) in [5.74, 6) is 0. The third-order valence-electron chi connectivity index (χ3n) is 2.97. The second-order valence-corrected chi connectivity index (χ2v) is 4.60. The minimum Gasteiger partial charge on any atom is -0.366 e. The van der Waals surface area contributed by atoms with Crippen LogP contribution in [0.3, 0.4) is 0 Å². The number of nitrogens with one attached hydrogen (secondary N) is 1. The summed E-state index contributed by atoms with van der Waals surface area (Å²) in [7, 11) is 0. The van der Waals surface area contributed by atoms with Gasteiger partial charge in [-0.3, -0.25) is 4.84 Å². The molecule has 0 fully saturated rings. The number of benzene rings is 2. The lowest BCUT2D eigenvalue weighted by atomic mass is 10.0. The maximum absolute atomic E-state index is 9.98. The van der Waals surface area contributed by atoms with Crippen LogP contribution in [-0.4, -0.2) is 24.5 Å². The molecule has 0 bridgehead atoms. The molecule has 4 nitrogen and oxygen atoms in total. The predicted octanol–water partition coefficient (Wildman–Crippen LogP) is 2.65. The van der Waals surface area contributed by atoms with E-state index < -0.39 is 6.29 Å². The Morgan fingerprint density at radius 2 is 1.48 bits per heavy atom. The van der Waals surface area contributed by atoms with Gasteiger partial charge in [0.05, 0.1) is 0 Å². The monoisotopic (exact) mass is 287 g/mol. The van der Waals surface area contributed by atoms with E-state index in [1.54, 1.807) is 0 Å². The van der Waals surface area contributed by atoms with Gasteiger partial charge in [0.2, 0.25) is 0 Å². The molecule has 0 radical (unpaired) electrons. The molecular formula is C17H21NO3. The van der Waals surface area contributed by atoms with Crippen molar-refractivity contribution in [1.82, 2.24) is 5.48 Å². The third-order valence-corrected chi connectivity index (χ3v) is 2.97. The van der Waals surface area contributed by atoms with Gasteiger partial charge in [-0.05, 0) is 11.1 Å². The summed E-state index contributed by atoms with van der Waals surface area (Å²) in [5.41, 5.74) is 4.68. The molecule has 1 atom stereocenters. The number of aliphatic hydroxyl groups excluding tert-OH is 1. The Kier molecular flexibility index (Phi) is 6.37. The van der Waals surface area contributed by atoms with Gasteiger partial charge in [-0.1, -0.05) is 67.6 Å². The molecular weight excluding hydrogens is 266 g/mol. The van der Waals surface area contributed by atoms with Gasteiger partial charge in [-0.2, -0.15) is 0 Å². The summed E-state index contributed by atoms with van der Waals surface area (Å²) in [5, 5.41) is 9.98. The number of hydroxylamine groups is 1. The largest absolute Gasteiger partial charge is 0.366 e. The summed E-state index contributed by atoms with van der Waals surface area (Å²) >= 11 is 0. The third kappa shape index (κ3) is 4.95. The van der Waals surface area contributed by atoms with Gasteiger partial charge in [0.25, 0.3) is 0 Å². The zero-order valence-electron chi connectivity index (χ0n) is 12.1. The Morgan fingerprint density at radius 1 is 0.952 bits per heavy atom. The number of aliphatic hydroxyl groups is 1. The van der Waals surface area contributed by atoms with E-state index in [2.05, 4.69) is 5.48 Å². The highest BCUT2D eigenvalue weighted by Gasteiger charge is 2.18. The molecule has 0 aliphatic heterocycles. The first-order valence-electron chi connectivity index (χ1n) is 7.09. The molecule has 2 aromatic rings. The minimum absolute atomic E-state index is 0.0734. The van der Waals surface area contributed by atoms with Crippen LogP contribution >= 0.6 is 0 Å². The molecule has 0 amide bonds.